The number of aryl methyl sites for hydroxylation is 2. The van der Waals surface area contributed by atoms with Gasteiger partial charge in [0, 0.05) is 23.7 Å². The van der Waals surface area contributed by atoms with E-state index in [-0.39, 0.29) is 11.5 Å². The molecule has 0 saturated heterocycles. The zero-order valence-electron chi connectivity index (χ0n) is 16.5. The molecule has 146 valence electrons. The lowest BCUT2D eigenvalue weighted by atomic mass is 10.0. The second-order valence-electron chi connectivity index (χ2n) is 6.78. The van der Waals surface area contributed by atoms with E-state index in [2.05, 4.69) is 10.3 Å². The van der Waals surface area contributed by atoms with Gasteiger partial charge in [-0.2, -0.15) is 0 Å². The third kappa shape index (κ3) is 4.17. The highest BCUT2D eigenvalue weighted by molar-refractivity contribution is 5.95. The fraction of sp³-hybridized carbons (Fsp3) is 0.273. The van der Waals surface area contributed by atoms with E-state index in [1.54, 1.807) is 18.2 Å². The summed E-state index contributed by atoms with van der Waals surface area (Å²) in [6.07, 6.45) is 0.436. The van der Waals surface area contributed by atoms with Gasteiger partial charge in [-0.1, -0.05) is 11.6 Å². The van der Waals surface area contributed by atoms with Crippen LogP contribution >= 0.6 is 0 Å². The molecule has 28 heavy (non-hydrogen) atoms. The van der Waals surface area contributed by atoms with Gasteiger partial charge in [-0.25, -0.2) is 0 Å². The fourth-order valence-electron chi connectivity index (χ4n) is 3.27. The van der Waals surface area contributed by atoms with Crippen LogP contribution in [0.3, 0.4) is 0 Å². The van der Waals surface area contributed by atoms with Gasteiger partial charge >= 0.3 is 0 Å². The number of hydrogen-bond acceptors (Lipinski definition) is 4. The zero-order valence-corrected chi connectivity index (χ0v) is 16.5. The molecule has 0 saturated carbocycles. The number of aromatic nitrogens is 1. The summed E-state index contributed by atoms with van der Waals surface area (Å²) >= 11 is 0. The van der Waals surface area contributed by atoms with Gasteiger partial charge in [0.1, 0.15) is 11.5 Å². The Morgan fingerprint density at radius 3 is 2.32 bits per heavy atom. The molecule has 1 heterocycles. The van der Waals surface area contributed by atoms with E-state index in [9.17, 15) is 9.59 Å². The summed E-state index contributed by atoms with van der Waals surface area (Å²) in [4.78, 5) is 27.8. The minimum Gasteiger partial charge on any atom is -0.497 e. The molecule has 0 radical (unpaired) electrons. The molecule has 2 N–H and O–H groups in total. The summed E-state index contributed by atoms with van der Waals surface area (Å²) < 4.78 is 10.4. The maximum atomic E-state index is 12.4. The van der Waals surface area contributed by atoms with Crippen molar-refractivity contribution in [2.45, 2.75) is 20.3 Å². The first-order valence-corrected chi connectivity index (χ1v) is 9.05. The molecule has 0 aliphatic rings. The molecular weight excluding hydrogens is 356 g/mol. The molecule has 0 fully saturated rings. The second kappa shape index (κ2) is 8.17. The summed E-state index contributed by atoms with van der Waals surface area (Å²) in [6.45, 7) is 4.35. The lowest BCUT2D eigenvalue weighted by molar-refractivity contribution is 0.0953. The van der Waals surface area contributed by atoms with Gasteiger partial charge in [-0.3, -0.25) is 9.59 Å². The smallest absolute Gasteiger partial charge is 0.251 e. The second-order valence-corrected chi connectivity index (χ2v) is 6.78. The molecule has 6 nitrogen and oxygen atoms in total. The fourth-order valence-corrected chi connectivity index (χ4v) is 3.27. The number of hydrogen-bond donors (Lipinski definition) is 2. The number of rotatable bonds is 6. The topological polar surface area (TPSA) is 80.4 Å². The number of amides is 1. The Labute approximate surface area is 163 Å². The number of aromatic amines is 1. The van der Waals surface area contributed by atoms with Crippen LogP contribution in [0.15, 0.2) is 41.2 Å². The quantitative estimate of drug-likeness (QED) is 0.688. The van der Waals surface area contributed by atoms with Crippen molar-refractivity contribution in [3.8, 4) is 11.5 Å². The normalized spacial score (nSPS) is 10.7. The molecule has 0 aliphatic carbocycles. The maximum absolute atomic E-state index is 12.4. The van der Waals surface area contributed by atoms with Crippen molar-refractivity contribution in [2.75, 3.05) is 20.8 Å². The molecule has 1 aromatic heterocycles. The zero-order chi connectivity index (χ0) is 20.3. The Balaban J connectivity index is 1.74. The van der Waals surface area contributed by atoms with E-state index in [1.165, 1.54) is 14.2 Å². The van der Waals surface area contributed by atoms with Gasteiger partial charge in [0.2, 0.25) is 0 Å². The third-order valence-corrected chi connectivity index (χ3v) is 4.66. The van der Waals surface area contributed by atoms with E-state index in [4.69, 9.17) is 9.47 Å². The number of ether oxygens (including phenoxy) is 2. The molecule has 0 bridgehead atoms. The Bertz CT molecular complexity index is 1060. The summed E-state index contributed by atoms with van der Waals surface area (Å²) in [6, 6.07) is 11.0. The summed E-state index contributed by atoms with van der Waals surface area (Å²) in [5.41, 5.74) is 3.99. The highest BCUT2D eigenvalue weighted by atomic mass is 16.5. The predicted octanol–water partition coefficient (Wildman–Crippen LogP) is 3.13. The van der Waals surface area contributed by atoms with Crippen LogP contribution < -0.4 is 20.3 Å². The van der Waals surface area contributed by atoms with Crippen molar-refractivity contribution in [2.24, 2.45) is 0 Å². The van der Waals surface area contributed by atoms with E-state index < -0.39 is 0 Å². The predicted molar refractivity (Wildman–Crippen MR) is 110 cm³/mol. The van der Waals surface area contributed by atoms with Gasteiger partial charge in [0.15, 0.2) is 0 Å². The van der Waals surface area contributed by atoms with Crippen LogP contribution in [0, 0.1) is 13.8 Å². The van der Waals surface area contributed by atoms with Crippen LogP contribution in [0.5, 0.6) is 11.5 Å². The highest BCUT2D eigenvalue weighted by Gasteiger charge is 2.11. The van der Waals surface area contributed by atoms with Gasteiger partial charge in [-0.15, -0.1) is 0 Å². The summed E-state index contributed by atoms with van der Waals surface area (Å²) in [7, 11) is 3.07. The van der Waals surface area contributed by atoms with Crippen molar-refractivity contribution >= 4 is 16.8 Å². The SMILES string of the molecule is COc1cc(OC)cc(C(=O)NCCc2cc3cc(C)cc(C)c3[nH]c2=O)c1. The van der Waals surface area contributed by atoms with Gasteiger partial charge in [-0.05, 0) is 55.5 Å². The number of benzene rings is 2. The van der Waals surface area contributed by atoms with Crippen molar-refractivity contribution in [3.63, 3.8) is 0 Å². The number of carbonyl (C=O) groups is 1. The number of H-pyrrole nitrogens is 1. The van der Waals surface area contributed by atoms with E-state index in [0.29, 0.717) is 35.6 Å². The molecule has 0 atom stereocenters. The van der Waals surface area contributed by atoms with Crippen molar-refractivity contribution in [3.05, 3.63) is 69.0 Å². The lowest BCUT2D eigenvalue weighted by Crippen LogP contribution is -2.27. The van der Waals surface area contributed by atoms with Crippen LogP contribution in [0.4, 0.5) is 0 Å². The molecule has 0 aliphatic heterocycles. The number of carbonyl (C=O) groups excluding carboxylic acids is 1. The Kier molecular flexibility index (Phi) is 5.68. The number of methoxy groups -OCH3 is 2. The first-order chi connectivity index (χ1) is 13.4. The Morgan fingerprint density at radius 2 is 1.68 bits per heavy atom. The average molecular weight is 380 g/mol. The Hall–Kier alpha value is -3.28. The molecule has 3 rings (SSSR count). The van der Waals surface area contributed by atoms with E-state index in [1.807, 2.05) is 32.0 Å². The molecule has 0 spiro atoms. The minimum absolute atomic E-state index is 0.128. The number of fused-ring (bicyclic) bond motifs is 1. The largest absolute Gasteiger partial charge is 0.497 e. The first-order valence-electron chi connectivity index (χ1n) is 9.05. The molecule has 1 amide bonds. The lowest BCUT2D eigenvalue weighted by Gasteiger charge is -2.10. The van der Waals surface area contributed by atoms with Crippen LogP contribution in [-0.2, 0) is 6.42 Å². The van der Waals surface area contributed by atoms with Gasteiger partial charge < -0.3 is 19.8 Å². The minimum atomic E-state index is -0.249. The van der Waals surface area contributed by atoms with Crippen LogP contribution in [0.2, 0.25) is 0 Å². The molecule has 0 unspecified atom stereocenters. The standard InChI is InChI=1S/C22H24N2O4/c1-13-7-14(2)20-16(8-13)9-15(22(26)24-20)5-6-23-21(25)17-10-18(27-3)12-19(11-17)28-4/h7-12H,5-6H2,1-4H3,(H,23,25)(H,24,26). The Morgan fingerprint density at radius 1 is 1.00 bits per heavy atom. The van der Waals surface area contributed by atoms with E-state index in [0.717, 1.165) is 22.0 Å². The van der Waals surface area contributed by atoms with Crippen molar-refractivity contribution < 1.29 is 14.3 Å². The first kappa shape index (κ1) is 19.5. The summed E-state index contributed by atoms with van der Waals surface area (Å²) in [5.74, 6) is 0.837. The molecule has 6 heteroatoms. The van der Waals surface area contributed by atoms with Gasteiger partial charge in [0.25, 0.3) is 11.5 Å². The van der Waals surface area contributed by atoms with Crippen molar-refractivity contribution in [1.29, 1.82) is 0 Å². The molecule has 2 aromatic carbocycles. The number of nitrogens with one attached hydrogen (secondary N) is 2. The number of pyridine rings is 1. The van der Waals surface area contributed by atoms with Gasteiger partial charge in [0.05, 0.1) is 19.7 Å². The van der Waals surface area contributed by atoms with Crippen LogP contribution in [-0.4, -0.2) is 31.7 Å². The third-order valence-electron chi connectivity index (χ3n) is 4.66. The van der Waals surface area contributed by atoms with Crippen LogP contribution in [0.1, 0.15) is 27.0 Å². The highest BCUT2D eigenvalue weighted by Crippen LogP contribution is 2.22. The van der Waals surface area contributed by atoms with Crippen molar-refractivity contribution in [1.82, 2.24) is 10.3 Å². The maximum Gasteiger partial charge on any atom is 0.251 e. The molecule has 3 aromatic rings. The average Bonchev–Trinajstić information content (AvgIpc) is 2.68. The monoisotopic (exact) mass is 380 g/mol. The summed E-state index contributed by atoms with van der Waals surface area (Å²) in [5, 5.41) is 3.84. The van der Waals surface area contributed by atoms with Crippen LogP contribution in [0.25, 0.3) is 10.9 Å². The molecular formula is C22H24N2O4. The van der Waals surface area contributed by atoms with E-state index >= 15 is 0 Å².